The first-order chi connectivity index (χ1) is 9.18. The second kappa shape index (κ2) is 6.84. The fraction of sp³-hybridized carbons (Fsp3) is 0.929. The maximum Gasteiger partial charge on any atom is 0.193 e. The molecule has 2 fully saturated rings. The zero-order chi connectivity index (χ0) is 13.7. The van der Waals surface area contributed by atoms with Crippen LogP contribution in [0.1, 0.15) is 26.2 Å². The molecule has 0 bridgehead atoms. The SMILES string of the molecule is CCNC(=NCC1(N(C)C)CCSC1)N1CCCC1. The average Bonchev–Trinajstić information content (AvgIpc) is 3.06. The summed E-state index contributed by atoms with van der Waals surface area (Å²) in [5.74, 6) is 3.61. The summed E-state index contributed by atoms with van der Waals surface area (Å²) < 4.78 is 0. The molecule has 0 aromatic carbocycles. The highest BCUT2D eigenvalue weighted by molar-refractivity contribution is 7.99. The first-order valence-electron chi connectivity index (χ1n) is 7.46. The first-order valence-corrected chi connectivity index (χ1v) is 8.62. The lowest BCUT2D eigenvalue weighted by Gasteiger charge is -2.34. The highest BCUT2D eigenvalue weighted by atomic mass is 32.2. The van der Waals surface area contributed by atoms with Crippen LogP contribution in [0.5, 0.6) is 0 Å². The number of aliphatic imine (C=N–C) groups is 1. The Morgan fingerprint density at radius 2 is 2.11 bits per heavy atom. The van der Waals surface area contributed by atoms with Gasteiger partial charge in [0.05, 0.1) is 6.54 Å². The molecule has 0 spiro atoms. The van der Waals surface area contributed by atoms with Crippen LogP contribution in [0, 0.1) is 0 Å². The van der Waals surface area contributed by atoms with E-state index in [1.807, 2.05) is 0 Å². The van der Waals surface area contributed by atoms with E-state index >= 15 is 0 Å². The zero-order valence-corrected chi connectivity index (χ0v) is 13.4. The van der Waals surface area contributed by atoms with Crippen LogP contribution in [0.15, 0.2) is 4.99 Å². The molecular weight excluding hydrogens is 256 g/mol. The third-order valence-electron chi connectivity index (χ3n) is 4.29. The zero-order valence-electron chi connectivity index (χ0n) is 12.6. The van der Waals surface area contributed by atoms with E-state index in [-0.39, 0.29) is 5.54 Å². The van der Waals surface area contributed by atoms with E-state index in [0.717, 1.165) is 32.1 Å². The minimum absolute atomic E-state index is 0.269. The van der Waals surface area contributed by atoms with Gasteiger partial charge in [-0.05, 0) is 46.0 Å². The molecule has 1 atom stereocenters. The molecule has 5 heteroatoms. The number of rotatable bonds is 4. The molecule has 2 saturated heterocycles. The molecule has 2 heterocycles. The molecule has 1 N–H and O–H groups in total. The molecule has 19 heavy (non-hydrogen) atoms. The Labute approximate surface area is 122 Å². The molecule has 1 unspecified atom stereocenters. The Morgan fingerprint density at radius 3 is 2.63 bits per heavy atom. The van der Waals surface area contributed by atoms with Crippen molar-refractivity contribution < 1.29 is 0 Å². The van der Waals surface area contributed by atoms with Crippen LogP contribution in [0.4, 0.5) is 0 Å². The summed E-state index contributed by atoms with van der Waals surface area (Å²) >= 11 is 2.06. The number of likely N-dealkylation sites (N-methyl/N-ethyl adjacent to an activating group) is 1. The number of nitrogens with one attached hydrogen (secondary N) is 1. The van der Waals surface area contributed by atoms with Gasteiger partial charge in [-0.2, -0.15) is 11.8 Å². The minimum atomic E-state index is 0.269. The van der Waals surface area contributed by atoms with Crippen molar-refractivity contribution in [1.82, 2.24) is 15.1 Å². The van der Waals surface area contributed by atoms with Crippen molar-refractivity contribution in [2.75, 3.05) is 51.8 Å². The van der Waals surface area contributed by atoms with Crippen LogP contribution in [-0.2, 0) is 0 Å². The molecule has 0 radical (unpaired) electrons. The van der Waals surface area contributed by atoms with Crippen LogP contribution >= 0.6 is 11.8 Å². The number of guanidine groups is 1. The highest BCUT2D eigenvalue weighted by Gasteiger charge is 2.36. The molecule has 0 aliphatic carbocycles. The number of hydrogen-bond donors (Lipinski definition) is 1. The summed E-state index contributed by atoms with van der Waals surface area (Å²) in [4.78, 5) is 9.74. The summed E-state index contributed by atoms with van der Waals surface area (Å²) in [6.45, 7) is 6.36. The number of nitrogens with zero attached hydrogens (tertiary/aromatic N) is 3. The first kappa shape index (κ1) is 15.0. The summed E-state index contributed by atoms with van der Waals surface area (Å²) in [5, 5.41) is 3.46. The molecule has 0 amide bonds. The second-order valence-corrected chi connectivity index (χ2v) is 6.89. The van der Waals surface area contributed by atoms with E-state index in [2.05, 4.69) is 47.9 Å². The third-order valence-corrected chi connectivity index (χ3v) is 5.53. The monoisotopic (exact) mass is 284 g/mol. The van der Waals surface area contributed by atoms with Gasteiger partial charge in [0.15, 0.2) is 5.96 Å². The van der Waals surface area contributed by atoms with Gasteiger partial charge in [-0.15, -0.1) is 0 Å². The third kappa shape index (κ3) is 3.57. The fourth-order valence-corrected chi connectivity index (χ4v) is 4.33. The molecule has 110 valence electrons. The normalized spacial score (nSPS) is 28.4. The van der Waals surface area contributed by atoms with Crippen molar-refractivity contribution >= 4 is 17.7 Å². The molecule has 2 aliphatic heterocycles. The summed E-state index contributed by atoms with van der Waals surface area (Å²) in [6.07, 6.45) is 3.87. The Balaban J connectivity index is 2.03. The van der Waals surface area contributed by atoms with Gasteiger partial charge in [-0.3, -0.25) is 4.99 Å². The maximum atomic E-state index is 4.95. The van der Waals surface area contributed by atoms with Crippen molar-refractivity contribution in [3.8, 4) is 0 Å². The summed E-state index contributed by atoms with van der Waals surface area (Å²) in [6, 6.07) is 0. The average molecular weight is 284 g/mol. The van der Waals surface area contributed by atoms with E-state index in [1.54, 1.807) is 0 Å². The summed E-state index contributed by atoms with van der Waals surface area (Å²) in [5.41, 5.74) is 0.269. The second-order valence-electron chi connectivity index (χ2n) is 5.79. The Bertz CT molecular complexity index is 305. The summed E-state index contributed by atoms with van der Waals surface area (Å²) in [7, 11) is 4.40. The lowest BCUT2D eigenvalue weighted by molar-refractivity contribution is 0.189. The van der Waals surface area contributed by atoms with Gasteiger partial charge >= 0.3 is 0 Å². The number of hydrogen-bond acceptors (Lipinski definition) is 3. The van der Waals surface area contributed by atoms with Crippen molar-refractivity contribution in [2.24, 2.45) is 4.99 Å². The topological polar surface area (TPSA) is 30.9 Å². The van der Waals surface area contributed by atoms with E-state index in [0.29, 0.717) is 0 Å². The minimum Gasteiger partial charge on any atom is -0.357 e. The lowest BCUT2D eigenvalue weighted by atomic mass is 9.98. The van der Waals surface area contributed by atoms with Gasteiger partial charge in [0.1, 0.15) is 0 Å². The molecular formula is C14H28N4S. The van der Waals surface area contributed by atoms with E-state index < -0.39 is 0 Å². The Morgan fingerprint density at radius 1 is 1.37 bits per heavy atom. The van der Waals surface area contributed by atoms with Gasteiger partial charge in [0.2, 0.25) is 0 Å². The van der Waals surface area contributed by atoms with Crippen LogP contribution in [0.3, 0.4) is 0 Å². The van der Waals surface area contributed by atoms with Gasteiger partial charge in [0.25, 0.3) is 0 Å². The van der Waals surface area contributed by atoms with Gasteiger partial charge in [0, 0.05) is 30.9 Å². The smallest absolute Gasteiger partial charge is 0.193 e. The van der Waals surface area contributed by atoms with Crippen LogP contribution in [0.25, 0.3) is 0 Å². The van der Waals surface area contributed by atoms with Gasteiger partial charge < -0.3 is 15.1 Å². The van der Waals surface area contributed by atoms with Gasteiger partial charge in [-0.1, -0.05) is 0 Å². The van der Waals surface area contributed by atoms with Crippen LogP contribution in [-0.4, -0.2) is 73.1 Å². The van der Waals surface area contributed by atoms with Crippen LogP contribution < -0.4 is 5.32 Å². The quantitative estimate of drug-likeness (QED) is 0.626. The Kier molecular flexibility index (Phi) is 5.39. The van der Waals surface area contributed by atoms with E-state index in [1.165, 1.54) is 30.8 Å². The molecule has 0 aromatic heterocycles. The predicted octanol–water partition coefficient (Wildman–Crippen LogP) is 1.49. The van der Waals surface area contributed by atoms with Crippen molar-refractivity contribution in [3.05, 3.63) is 0 Å². The van der Waals surface area contributed by atoms with Crippen molar-refractivity contribution in [3.63, 3.8) is 0 Å². The van der Waals surface area contributed by atoms with E-state index in [9.17, 15) is 0 Å². The van der Waals surface area contributed by atoms with Crippen molar-refractivity contribution in [1.29, 1.82) is 0 Å². The van der Waals surface area contributed by atoms with Gasteiger partial charge in [-0.25, -0.2) is 0 Å². The highest BCUT2D eigenvalue weighted by Crippen LogP contribution is 2.32. The molecule has 4 nitrogen and oxygen atoms in total. The molecule has 0 saturated carbocycles. The lowest BCUT2D eigenvalue weighted by Crippen LogP contribution is -2.48. The standard InChI is InChI=1S/C14H28N4S/c1-4-15-13(18-8-5-6-9-18)16-11-14(17(2)3)7-10-19-12-14/h4-12H2,1-3H3,(H,15,16). The largest absolute Gasteiger partial charge is 0.357 e. The van der Waals surface area contributed by atoms with E-state index in [4.69, 9.17) is 4.99 Å². The predicted molar refractivity (Wildman–Crippen MR) is 85.1 cm³/mol. The maximum absolute atomic E-state index is 4.95. The van der Waals surface area contributed by atoms with Crippen molar-refractivity contribution in [2.45, 2.75) is 31.7 Å². The number of likely N-dealkylation sites (tertiary alicyclic amines) is 1. The molecule has 2 rings (SSSR count). The molecule has 0 aromatic rings. The Hall–Kier alpha value is -0.420. The van der Waals surface area contributed by atoms with Crippen LogP contribution in [0.2, 0.25) is 0 Å². The molecule has 2 aliphatic rings. The number of thioether (sulfide) groups is 1. The fourth-order valence-electron chi connectivity index (χ4n) is 2.79.